The van der Waals surface area contributed by atoms with Crippen LogP contribution in [0.25, 0.3) is 0 Å². The Morgan fingerprint density at radius 1 is 1.32 bits per heavy atom. The van der Waals surface area contributed by atoms with Gasteiger partial charge in [0.25, 0.3) is 5.24 Å². The zero-order chi connectivity index (χ0) is 14.0. The van der Waals surface area contributed by atoms with Crippen LogP contribution in [0.5, 0.6) is 0 Å². The number of benzene rings is 1. The molecule has 0 aliphatic carbocycles. The number of amides is 2. The van der Waals surface area contributed by atoms with E-state index in [1.165, 1.54) is 0 Å². The van der Waals surface area contributed by atoms with Crippen LogP contribution in [0, 0.1) is 0 Å². The maximum atomic E-state index is 12.0. The number of aryl methyl sites for hydroxylation is 1. The van der Waals surface area contributed by atoms with Gasteiger partial charge in [0, 0.05) is 0 Å². The summed E-state index contributed by atoms with van der Waals surface area (Å²) in [5.74, 6) is -1.54. The number of hydrogen-bond donors (Lipinski definition) is 1. The first kappa shape index (κ1) is 13.6. The zero-order valence-electron chi connectivity index (χ0n) is 10.3. The van der Waals surface area contributed by atoms with E-state index in [4.69, 9.17) is 5.11 Å². The Kier molecular flexibility index (Phi) is 3.90. The number of hydrogen-bond acceptors (Lipinski definition) is 4. The second-order valence-electron chi connectivity index (χ2n) is 4.16. The fraction of sp³-hybridized carbons (Fsp3) is 0.308. The molecule has 1 unspecified atom stereocenters. The number of carboxylic acid groups (broad SMARTS) is 1. The molecule has 1 saturated heterocycles. The molecule has 6 heteroatoms. The summed E-state index contributed by atoms with van der Waals surface area (Å²) in [7, 11) is 0. The summed E-state index contributed by atoms with van der Waals surface area (Å²) in [4.78, 5) is 35.5. The van der Waals surface area contributed by atoms with Crippen LogP contribution in [-0.4, -0.2) is 27.5 Å². The van der Waals surface area contributed by atoms with Gasteiger partial charge in [-0.2, -0.15) is 0 Å². The minimum atomic E-state index is -1.08. The van der Waals surface area contributed by atoms with Gasteiger partial charge in [0.05, 0.1) is 12.1 Å². The number of rotatable bonds is 4. The standard InChI is InChI=1S/C13H13NO4S/c1-2-8-3-5-9(6-4-8)14-12(17)10(7-11(15)16)19-13(14)18/h3-6,10H,2,7H2,1H3,(H,15,16). The SMILES string of the molecule is CCc1ccc(N2C(=O)SC(CC(=O)O)C2=O)cc1. The van der Waals surface area contributed by atoms with Crippen molar-refractivity contribution in [2.24, 2.45) is 0 Å². The monoisotopic (exact) mass is 279 g/mol. The number of carbonyl (C=O) groups is 3. The van der Waals surface area contributed by atoms with Gasteiger partial charge in [0.15, 0.2) is 0 Å². The Morgan fingerprint density at radius 3 is 2.47 bits per heavy atom. The molecular formula is C13H13NO4S. The van der Waals surface area contributed by atoms with E-state index in [-0.39, 0.29) is 6.42 Å². The van der Waals surface area contributed by atoms with E-state index in [1.807, 2.05) is 19.1 Å². The molecule has 2 rings (SSSR count). The molecule has 1 N–H and O–H groups in total. The molecule has 2 amide bonds. The molecule has 1 heterocycles. The molecule has 1 aliphatic rings. The predicted octanol–water partition coefficient (Wildman–Crippen LogP) is 2.29. The van der Waals surface area contributed by atoms with Gasteiger partial charge in [-0.1, -0.05) is 19.1 Å². The van der Waals surface area contributed by atoms with Crippen LogP contribution in [-0.2, 0) is 16.0 Å². The zero-order valence-corrected chi connectivity index (χ0v) is 11.1. The smallest absolute Gasteiger partial charge is 0.305 e. The third-order valence-electron chi connectivity index (χ3n) is 2.88. The number of aliphatic carboxylic acids is 1. The number of thioether (sulfide) groups is 1. The highest BCUT2D eigenvalue weighted by Crippen LogP contribution is 2.33. The topological polar surface area (TPSA) is 74.7 Å². The minimum Gasteiger partial charge on any atom is -0.481 e. The van der Waals surface area contributed by atoms with Crippen LogP contribution in [0.3, 0.4) is 0 Å². The second-order valence-corrected chi connectivity index (χ2v) is 5.32. The van der Waals surface area contributed by atoms with Crippen molar-refractivity contribution in [1.29, 1.82) is 0 Å². The molecule has 1 fully saturated rings. The van der Waals surface area contributed by atoms with Gasteiger partial charge in [0.1, 0.15) is 5.25 Å². The molecule has 5 nitrogen and oxygen atoms in total. The third kappa shape index (κ3) is 2.78. The molecule has 1 aliphatic heterocycles. The van der Waals surface area contributed by atoms with Crippen molar-refractivity contribution in [1.82, 2.24) is 0 Å². The molecule has 1 aromatic rings. The fourth-order valence-corrected chi connectivity index (χ4v) is 2.84. The van der Waals surface area contributed by atoms with Gasteiger partial charge < -0.3 is 5.11 Å². The third-order valence-corrected chi connectivity index (χ3v) is 3.92. The highest BCUT2D eigenvalue weighted by atomic mass is 32.2. The summed E-state index contributed by atoms with van der Waals surface area (Å²) in [6.45, 7) is 2.01. The average Bonchev–Trinajstić information content (AvgIpc) is 2.64. The lowest BCUT2D eigenvalue weighted by Gasteiger charge is -2.13. The van der Waals surface area contributed by atoms with Gasteiger partial charge in [0.2, 0.25) is 5.91 Å². The first-order valence-electron chi connectivity index (χ1n) is 5.88. The van der Waals surface area contributed by atoms with Gasteiger partial charge in [-0.15, -0.1) is 0 Å². The Hall–Kier alpha value is -1.82. The van der Waals surface area contributed by atoms with Crippen molar-refractivity contribution >= 4 is 34.6 Å². The van der Waals surface area contributed by atoms with Gasteiger partial charge in [-0.25, -0.2) is 4.90 Å². The summed E-state index contributed by atoms with van der Waals surface area (Å²) < 4.78 is 0. The van der Waals surface area contributed by atoms with Crippen LogP contribution in [0.15, 0.2) is 24.3 Å². The first-order chi connectivity index (χ1) is 9.02. The number of carbonyl (C=O) groups excluding carboxylic acids is 2. The molecule has 1 aromatic carbocycles. The van der Waals surface area contributed by atoms with Crippen LogP contribution < -0.4 is 4.90 Å². The molecule has 0 spiro atoms. The van der Waals surface area contributed by atoms with Crippen LogP contribution in [0.4, 0.5) is 10.5 Å². The van der Waals surface area contributed by atoms with E-state index in [0.29, 0.717) is 5.69 Å². The van der Waals surface area contributed by atoms with Gasteiger partial charge in [-0.3, -0.25) is 14.4 Å². The lowest BCUT2D eigenvalue weighted by molar-refractivity contribution is -0.138. The fourth-order valence-electron chi connectivity index (χ4n) is 1.86. The quantitative estimate of drug-likeness (QED) is 0.915. The summed E-state index contributed by atoms with van der Waals surface area (Å²) >= 11 is 0.772. The van der Waals surface area contributed by atoms with Crippen LogP contribution in [0.1, 0.15) is 18.9 Å². The van der Waals surface area contributed by atoms with Crippen molar-refractivity contribution in [3.8, 4) is 0 Å². The highest BCUT2D eigenvalue weighted by Gasteiger charge is 2.41. The number of anilines is 1. The molecular weight excluding hydrogens is 266 g/mol. The molecule has 1 atom stereocenters. The lowest BCUT2D eigenvalue weighted by Crippen LogP contribution is -2.32. The number of carboxylic acids is 1. The van der Waals surface area contributed by atoms with Crippen molar-refractivity contribution in [2.75, 3.05) is 4.90 Å². The average molecular weight is 279 g/mol. The Labute approximate surface area is 114 Å². The Bertz CT molecular complexity index is 526. The van der Waals surface area contributed by atoms with E-state index in [2.05, 4.69) is 0 Å². The normalized spacial score (nSPS) is 19.0. The predicted molar refractivity (Wildman–Crippen MR) is 72.3 cm³/mol. The summed E-state index contributed by atoms with van der Waals surface area (Å²) in [6.07, 6.45) is 0.539. The molecule has 100 valence electrons. The molecule has 0 bridgehead atoms. The first-order valence-corrected chi connectivity index (χ1v) is 6.76. The molecule has 0 radical (unpaired) electrons. The maximum absolute atomic E-state index is 12.0. The molecule has 0 saturated carbocycles. The second kappa shape index (κ2) is 5.44. The van der Waals surface area contributed by atoms with Crippen molar-refractivity contribution in [2.45, 2.75) is 25.0 Å². The Morgan fingerprint density at radius 2 is 1.95 bits per heavy atom. The van der Waals surface area contributed by atoms with E-state index in [9.17, 15) is 14.4 Å². The van der Waals surface area contributed by atoms with Crippen molar-refractivity contribution in [3.63, 3.8) is 0 Å². The maximum Gasteiger partial charge on any atom is 0.305 e. The summed E-state index contributed by atoms with van der Waals surface area (Å²) in [5.41, 5.74) is 1.60. The number of imide groups is 1. The minimum absolute atomic E-state index is 0.335. The molecule has 0 aromatic heterocycles. The Balaban J connectivity index is 2.21. The largest absolute Gasteiger partial charge is 0.481 e. The van der Waals surface area contributed by atoms with Gasteiger partial charge in [-0.05, 0) is 35.9 Å². The summed E-state index contributed by atoms with van der Waals surface area (Å²) in [5, 5.41) is 7.47. The number of nitrogens with zero attached hydrogens (tertiary/aromatic N) is 1. The lowest BCUT2D eigenvalue weighted by atomic mass is 10.1. The van der Waals surface area contributed by atoms with E-state index < -0.39 is 22.4 Å². The van der Waals surface area contributed by atoms with E-state index in [0.717, 1.165) is 28.6 Å². The van der Waals surface area contributed by atoms with Crippen molar-refractivity contribution < 1.29 is 19.5 Å². The van der Waals surface area contributed by atoms with Crippen LogP contribution in [0.2, 0.25) is 0 Å². The summed E-state index contributed by atoms with van der Waals surface area (Å²) in [6, 6.07) is 7.12. The highest BCUT2D eigenvalue weighted by molar-refractivity contribution is 8.15. The van der Waals surface area contributed by atoms with Crippen molar-refractivity contribution in [3.05, 3.63) is 29.8 Å². The van der Waals surface area contributed by atoms with Crippen LogP contribution >= 0.6 is 11.8 Å². The van der Waals surface area contributed by atoms with E-state index >= 15 is 0 Å². The van der Waals surface area contributed by atoms with E-state index in [1.54, 1.807) is 12.1 Å². The van der Waals surface area contributed by atoms with Gasteiger partial charge >= 0.3 is 5.97 Å². The molecule has 19 heavy (non-hydrogen) atoms.